The highest BCUT2D eigenvalue weighted by Gasteiger charge is 2.26. The molecule has 0 atom stereocenters. The maximum atomic E-state index is 13.6. The molecule has 9 nitrogen and oxygen atoms in total. The lowest BCUT2D eigenvalue weighted by Gasteiger charge is -2.11. The van der Waals surface area contributed by atoms with Crippen LogP contribution in [0.2, 0.25) is 0 Å². The van der Waals surface area contributed by atoms with Crippen molar-refractivity contribution in [3.05, 3.63) is 84.4 Å². The van der Waals surface area contributed by atoms with Crippen LogP contribution in [0, 0.1) is 5.92 Å². The van der Waals surface area contributed by atoms with Gasteiger partial charge in [-0.05, 0) is 34.9 Å². The van der Waals surface area contributed by atoms with Crippen molar-refractivity contribution >= 4 is 28.3 Å². The molecule has 1 aliphatic rings. The van der Waals surface area contributed by atoms with Crippen LogP contribution in [0.15, 0.2) is 51.5 Å². The van der Waals surface area contributed by atoms with Crippen LogP contribution in [0.5, 0.6) is 0 Å². The lowest BCUT2D eigenvalue weighted by atomic mass is 10.0. The first-order chi connectivity index (χ1) is 18.2. The van der Waals surface area contributed by atoms with Gasteiger partial charge in [0, 0.05) is 38.1 Å². The van der Waals surface area contributed by atoms with Crippen LogP contribution >= 0.6 is 11.3 Å². The number of carbonyl (C=O) groups is 1. The van der Waals surface area contributed by atoms with Crippen LogP contribution in [0.25, 0.3) is 22.4 Å². The van der Waals surface area contributed by atoms with E-state index in [1.54, 1.807) is 37.4 Å². The Kier molecular flexibility index (Phi) is 6.83. The number of hydrogen-bond donors (Lipinski definition) is 0. The monoisotopic (exact) mass is 533 g/mol. The van der Waals surface area contributed by atoms with Crippen molar-refractivity contribution < 1.29 is 9.53 Å². The van der Waals surface area contributed by atoms with E-state index in [-0.39, 0.29) is 5.92 Å². The van der Waals surface area contributed by atoms with Gasteiger partial charge in [0.1, 0.15) is 11.1 Å². The molecule has 0 N–H and O–H groups in total. The lowest BCUT2D eigenvalue weighted by molar-refractivity contribution is 0.0600. The fourth-order valence-electron chi connectivity index (χ4n) is 4.99. The number of allylic oxidation sites excluding steroid dienone is 4. The molecular formula is C28H31N5O4S. The summed E-state index contributed by atoms with van der Waals surface area (Å²) in [7, 11) is 4.65. The zero-order chi connectivity index (χ0) is 27.1. The van der Waals surface area contributed by atoms with Crippen LogP contribution in [0.3, 0.4) is 0 Å². The predicted molar refractivity (Wildman–Crippen MR) is 149 cm³/mol. The van der Waals surface area contributed by atoms with Crippen molar-refractivity contribution in [3.8, 4) is 11.4 Å². The maximum absolute atomic E-state index is 13.6. The van der Waals surface area contributed by atoms with Gasteiger partial charge in [-0.3, -0.25) is 18.6 Å². The first-order valence-corrected chi connectivity index (χ1v) is 13.4. The smallest absolute Gasteiger partial charge is 0.339 e. The fourth-order valence-corrected chi connectivity index (χ4v) is 6.04. The van der Waals surface area contributed by atoms with Gasteiger partial charge in [-0.15, -0.1) is 11.3 Å². The highest BCUT2D eigenvalue weighted by Crippen LogP contribution is 2.32. The van der Waals surface area contributed by atoms with Gasteiger partial charge in [-0.2, -0.15) is 5.10 Å². The summed E-state index contributed by atoms with van der Waals surface area (Å²) in [4.78, 5) is 40.4. The van der Waals surface area contributed by atoms with Crippen molar-refractivity contribution in [2.45, 2.75) is 39.8 Å². The van der Waals surface area contributed by atoms with Crippen LogP contribution in [0.4, 0.5) is 0 Å². The molecule has 0 amide bonds. The predicted octanol–water partition coefficient (Wildman–Crippen LogP) is 3.67. The summed E-state index contributed by atoms with van der Waals surface area (Å²) in [5, 5.41) is 7.40. The highest BCUT2D eigenvalue weighted by atomic mass is 32.1. The maximum Gasteiger partial charge on any atom is 0.339 e. The summed E-state index contributed by atoms with van der Waals surface area (Å²) in [5.41, 5.74) is 3.50. The molecule has 4 heterocycles. The summed E-state index contributed by atoms with van der Waals surface area (Å²) in [6.45, 7) is 4.88. The number of fused-ring (bicyclic) bond motifs is 2. The van der Waals surface area contributed by atoms with Gasteiger partial charge >= 0.3 is 11.7 Å². The van der Waals surface area contributed by atoms with E-state index in [9.17, 15) is 14.4 Å². The molecule has 0 saturated heterocycles. The Morgan fingerprint density at radius 2 is 1.89 bits per heavy atom. The van der Waals surface area contributed by atoms with Gasteiger partial charge in [0.25, 0.3) is 5.56 Å². The van der Waals surface area contributed by atoms with Crippen LogP contribution < -0.4 is 11.2 Å². The number of carbonyl (C=O) groups excluding carboxylic acids is 1. The van der Waals surface area contributed by atoms with Gasteiger partial charge in [0.15, 0.2) is 5.65 Å². The molecule has 0 fully saturated rings. The third-order valence-corrected chi connectivity index (χ3v) is 7.94. The Bertz CT molecular complexity index is 1720. The van der Waals surface area contributed by atoms with E-state index in [0.717, 1.165) is 23.0 Å². The van der Waals surface area contributed by atoms with Gasteiger partial charge < -0.3 is 9.30 Å². The molecule has 0 aromatic carbocycles. The number of nitrogens with zero attached hydrogens (tertiary/aromatic N) is 5. The fraction of sp³-hybridized carbons (Fsp3) is 0.357. The zero-order valence-electron chi connectivity index (χ0n) is 22.2. The second-order valence-corrected chi connectivity index (χ2v) is 11.0. The largest absolute Gasteiger partial charge is 0.465 e. The van der Waals surface area contributed by atoms with Crippen molar-refractivity contribution in [2.24, 2.45) is 20.0 Å². The number of esters is 1. The normalized spacial score (nSPS) is 14.1. The van der Waals surface area contributed by atoms with Crippen molar-refractivity contribution in [2.75, 3.05) is 7.11 Å². The molecule has 1 aliphatic carbocycles. The summed E-state index contributed by atoms with van der Waals surface area (Å²) in [5.74, 6) is -0.301. The number of aryl methyl sites for hydroxylation is 1. The third kappa shape index (κ3) is 4.38. The zero-order valence-corrected chi connectivity index (χ0v) is 23.0. The van der Waals surface area contributed by atoms with Crippen molar-refractivity contribution in [1.82, 2.24) is 23.5 Å². The molecule has 0 spiro atoms. The number of rotatable bonds is 6. The molecule has 5 rings (SSSR count). The van der Waals surface area contributed by atoms with E-state index in [4.69, 9.17) is 9.84 Å². The Balaban J connectivity index is 1.79. The molecule has 0 unspecified atom stereocenters. The van der Waals surface area contributed by atoms with Crippen molar-refractivity contribution in [1.29, 1.82) is 0 Å². The minimum Gasteiger partial charge on any atom is -0.465 e. The average Bonchev–Trinajstić information content (AvgIpc) is 3.54. The van der Waals surface area contributed by atoms with E-state index < -0.39 is 17.2 Å². The summed E-state index contributed by atoms with van der Waals surface area (Å²) < 4.78 is 11.3. The van der Waals surface area contributed by atoms with E-state index in [0.29, 0.717) is 41.1 Å². The van der Waals surface area contributed by atoms with Crippen LogP contribution in [-0.2, 0) is 44.8 Å². The van der Waals surface area contributed by atoms with Crippen LogP contribution in [0.1, 0.15) is 40.2 Å². The second-order valence-electron chi connectivity index (χ2n) is 10.00. The Hall–Kier alpha value is -3.92. The van der Waals surface area contributed by atoms with E-state index in [2.05, 4.69) is 29.7 Å². The van der Waals surface area contributed by atoms with Crippen LogP contribution in [-0.4, -0.2) is 36.6 Å². The molecule has 38 heavy (non-hydrogen) atoms. The SMILES string of the molecule is COC(=O)c1cc(-c2c3c(=O)n(C)c(=O)n(CC(C)C)c3nn2Cc2csc3c2C/C=C\C=CC3)n(C)c1. The lowest BCUT2D eigenvalue weighted by Crippen LogP contribution is -2.38. The third-order valence-electron chi connectivity index (χ3n) is 6.84. The molecule has 4 aromatic rings. The summed E-state index contributed by atoms with van der Waals surface area (Å²) in [6, 6.07) is 1.71. The topological polar surface area (TPSA) is 93.1 Å². The summed E-state index contributed by atoms with van der Waals surface area (Å²) in [6.07, 6.45) is 11.8. The molecule has 10 heteroatoms. The summed E-state index contributed by atoms with van der Waals surface area (Å²) >= 11 is 1.72. The quantitative estimate of drug-likeness (QED) is 0.353. The Labute approximate surface area is 223 Å². The van der Waals surface area contributed by atoms with E-state index in [1.807, 2.05) is 20.9 Å². The molecule has 0 bridgehead atoms. The number of hydrogen-bond acceptors (Lipinski definition) is 6. The second kappa shape index (κ2) is 10.1. The average molecular weight is 534 g/mol. The molecular weight excluding hydrogens is 502 g/mol. The van der Waals surface area contributed by atoms with Gasteiger partial charge in [-0.1, -0.05) is 38.2 Å². The van der Waals surface area contributed by atoms with E-state index in [1.165, 1.54) is 24.6 Å². The molecule has 0 aliphatic heterocycles. The first kappa shape index (κ1) is 25.7. The van der Waals surface area contributed by atoms with Gasteiger partial charge in [0.05, 0.1) is 24.9 Å². The number of methoxy groups -OCH3 is 1. The molecule has 198 valence electrons. The minimum atomic E-state index is -0.467. The Morgan fingerprint density at radius 3 is 2.61 bits per heavy atom. The number of aromatic nitrogens is 5. The van der Waals surface area contributed by atoms with Crippen molar-refractivity contribution in [3.63, 3.8) is 0 Å². The standard InChI is InChI=1S/C28H31N5O4S/c1-17(2)13-32-25-23(26(34)31(4)28(32)36)24(21-12-18(14-30(21)3)27(35)37-5)33(29-25)15-19-16-38-22-11-9-7-6-8-10-20(19)22/h6-9,12,14,16-17H,10-11,13,15H2,1-5H3/b8-6-,9-7?. The minimum absolute atomic E-state index is 0.166. The molecule has 4 aromatic heterocycles. The number of ether oxygens (including phenoxy) is 1. The first-order valence-electron chi connectivity index (χ1n) is 12.6. The van der Waals surface area contributed by atoms with E-state index >= 15 is 0 Å². The van der Waals surface area contributed by atoms with Gasteiger partial charge in [0.2, 0.25) is 0 Å². The molecule has 0 radical (unpaired) electrons. The number of thiophene rings is 1. The highest BCUT2D eigenvalue weighted by molar-refractivity contribution is 7.10. The Morgan fingerprint density at radius 1 is 1.16 bits per heavy atom. The van der Waals surface area contributed by atoms with Gasteiger partial charge in [-0.25, -0.2) is 9.59 Å². The molecule has 0 saturated carbocycles.